The van der Waals surface area contributed by atoms with Gasteiger partial charge in [0.05, 0.1) is 19.3 Å². The summed E-state index contributed by atoms with van der Waals surface area (Å²) in [5.74, 6) is 1.19. The number of ether oxygens (including phenoxy) is 1. The van der Waals surface area contributed by atoms with E-state index in [-0.39, 0.29) is 5.92 Å². The Kier molecular flexibility index (Phi) is 4.52. The normalized spacial score (nSPS) is 17.0. The van der Waals surface area contributed by atoms with E-state index in [0.717, 1.165) is 24.5 Å². The first-order chi connectivity index (χ1) is 11.6. The van der Waals surface area contributed by atoms with E-state index in [1.54, 1.807) is 7.11 Å². The van der Waals surface area contributed by atoms with Gasteiger partial charge in [-0.15, -0.1) is 0 Å². The van der Waals surface area contributed by atoms with E-state index in [1.165, 1.54) is 28.0 Å². The zero-order valence-corrected chi connectivity index (χ0v) is 15.0. The number of nitrogens with zero attached hydrogens (tertiary/aromatic N) is 1. The minimum Gasteiger partial charge on any atom is -0.482 e. The number of hydrogen-bond donors (Lipinski definition) is 1. The maximum absolute atomic E-state index is 6.42. The molecule has 3 nitrogen and oxygen atoms in total. The van der Waals surface area contributed by atoms with Gasteiger partial charge in [0.2, 0.25) is 0 Å². The fraction of sp³-hybridized carbons (Fsp3) is 0.333. The molecule has 2 aromatic rings. The van der Waals surface area contributed by atoms with Gasteiger partial charge in [-0.2, -0.15) is 0 Å². The van der Waals surface area contributed by atoms with Gasteiger partial charge in [-0.1, -0.05) is 44.2 Å². The van der Waals surface area contributed by atoms with Gasteiger partial charge >= 0.3 is 0 Å². The van der Waals surface area contributed by atoms with Gasteiger partial charge < -0.3 is 15.4 Å². The highest BCUT2D eigenvalue weighted by Gasteiger charge is 2.31. The summed E-state index contributed by atoms with van der Waals surface area (Å²) in [6.07, 6.45) is 0.968. The summed E-state index contributed by atoms with van der Waals surface area (Å²) in [7, 11) is 1.75. The number of nitrogen functional groups attached to an aromatic ring is 1. The fourth-order valence-electron chi connectivity index (χ4n) is 3.54. The molecule has 0 saturated heterocycles. The molecule has 24 heavy (non-hydrogen) atoms. The maximum atomic E-state index is 6.42. The summed E-state index contributed by atoms with van der Waals surface area (Å²) in [6, 6.07) is 14.9. The minimum atomic E-state index is 0.257. The van der Waals surface area contributed by atoms with E-state index < -0.39 is 0 Å². The van der Waals surface area contributed by atoms with Gasteiger partial charge in [-0.05, 0) is 42.2 Å². The van der Waals surface area contributed by atoms with Gasteiger partial charge in [-0.3, -0.25) is 0 Å². The number of rotatable bonds is 4. The predicted molar refractivity (Wildman–Crippen MR) is 101 cm³/mol. The number of nitrogens with two attached hydrogens (primary N) is 1. The van der Waals surface area contributed by atoms with Crippen molar-refractivity contribution in [1.82, 2.24) is 0 Å². The summed E-state index contributed by atoms with van der Waals surface area (Å²) >= 11 is 0. The lowest BCUT2D eigenvalue weighted by Gasteiger charge is -2.37. The van der Waals surface area contributed by atoms with Gasteiger partial charge in [0.1, 0.15) is 0 Å². The third-order valence-electron chi connectivity index (χ3n) is 4.99. The fourth-order valence-corrected chi connectivity index (χ4v) is 3.54. The van der Waals surface area contributed by atoms with E-state index in [2.05, 4.69) is 62.1 Å². The largest absolute Gasteiger partial charge is 0.482 e. The van der Waals surface area contributed by atoms with Crippen LogP contribution >= 0.6 is 0 Å². The third-order valence-corrected chi connectivity index (χ3v) is 4.99. The molecular formula is C21H26N2O. The second kappa shape index (κ2) is 6.60. The summed E-state index contributed by atoms with van der Waals surface area (Å²) in [5, 5.41) is 0. The molecule has 0 radical (unpaired) electrons. The van der Waals surface area contributed by atoms with Crippen molar-refractivity contribution in [3.63, 3.8) is 0 Å². The Bertz CT molecular complexity index is 765. The van der Waals surface area contributed by atoms with E-state index in [4.69, 9.17) is 10.5 Å². The number of aryl methyl sites for hydroxylation is 1. The number of benzene rings is 2. The molecule has 0 fully saturated rings. The number of methoxy groups -OCH3 is 1. The number of anilines is 2. The molecule has 3 heteroatoms. The molecule has 3 rings (SSSR count). The summed E-state index contributed by atoms with van der Waals surface area (Å²) < 4.78 is 5.79. The Hall–Kier alpha value is -2.42. The van der Waals surface area contributed by atoms with Gasteiger partial charge in [0, 0.05) is 17.2 Å². The van der Waals surface area contributed by atoms with Crippen molar-refractivity contribution in [2.75, 3.05) is 17.7 Å². The van der Waals surface area contributed by atoms with Gasteiger partial charge in [0.15, 0.2) is 5.88 Å². The number of allylic oxidation sites excluding steroid dienone is 1. The molecule has 1 aliphatic rings. The smallest absolute Gasteiger partial charge is 0.193 e. The van der Waals surface area contributed by atoms with Crippen LogP contribution in [-0.4, -0.2) is 7.11 Å². The molecule has 1 heterocycles. The molecule has 0 saturated carbocycles. The van der Waals surface area contributed by atoms with Crippen LogP contribution < -0.4 is 10.6 Å². The van der Waals surface area contributed by atoms with Crippen LogP contribution in [0.1, 0.15) is 43.4 Å². The Balaban J connectivity index is 2.16. The lowest BCUT2D eigenvalue weighted by Crippen LogP contribution is -2.30. The van der Waals surface area contributed by atoms with Crippen molar-refractivity contribution >= 4 is 11.4 Å². The van der Waals surface area contributed by atoms with Crippen LogP contribution in [0.2, 0.25) is 0 Å². The Morgan fingerprint density at radius 1 is 1.12 bits per heavy atom. The maximum Gasteiger partial charge on any atom is 0.193 e. The Morgan fingerprint density at radius 2 is 1.83 bits per heavy atom. The molecule has 2 N–H and O–H groups in total. The standard InChI is InChI=1S/C21H26N2O/c1-5-16-11-18(22)20-14(2)15(3)21(24-4)23(19(20)12-16)13-17-9-7-6-8-10-17/h6-12,14H,5,13,22H2,1-4H3. The number of hydrogen-bond acceptors (Lipinski definition) is 3. The summed E-state index contributed by atoms with van der Waals surface area (Å²) in [4.78, 5) is 2.26. The molecule has 0 amide bonds. The van der Waals surface area contributed by atoms with Crippen LogP contribution in [0.5, 0.6) is 0 Å². The van der Waals surface area contributed by atoms with Crippen LogP contribution in [-0.2, 0) is 17.7 Å². The second-order valence-corrected chi connectivity index (χ2v) is 6.46. The van der Waals surface area contributed by atoms with E-state index >= 15 is 0 Å². The van der Waals surface area contributed by atoms with Crippen molar-refractivity contribution in [3.05, 3.63) is 70.6 Å². The minimum absolute atomic E-state index is 0.257. The van der Waals surface area contributed by atoms with Crippen molar-refractivity contribution in [1.29, 1.82) is 0 Å². The first-order valence-electron chi connectivity index (χ1n) is 8.55. The molecule has 1 atom stereocenters. The van der Waals surface area contributed by atoms with Crippen molar-refractivity contribution in [3.8, 4) is 0 Å². The summed E-state index contributed by atoms with van der Waals surface area (Å²) in [5.41, 5.74) is 13.4. The van der Waals surface area contributed by atoms with E-state index in [0.29, 0.717) is 0 Å². The van der Waals surface area contributed by atoms with Gasteiger partial charge in [-0.25, -0.2) is 0 Å². The topological polar surface area (TPSA) is 38.5 Å². The van der Waals surface area contributed by atoms with Crippen LogP contribution in [0.4, 0.5) is 11.4 Å². The van der Waals surface area contributed by atoms with E-state index in [9.17, 15) is 0 Å². The first kappa shape index (κ1) is 16.4. The Morgan fingerprint density at radius 3 is 2.46 bits per heavy atom. The first-order valence-corrected chi connectivity index (χ1v) is 8.55. The quantitative estimate of drug-likeness (QED) is 0.819. The van der Waals surface area contributed by atoms with Crippen molar-refractivity contribution in [2.24, 2.45) is 0 Å². The zero-order valence-electron chi connectivity index (χ0n) is 15.0. The lowest BCUT2D eigenvalue weighted by molar-refractivity contribution is 0.268. The van der Waals surface area contributed by atoms with Crippen LogP contribution in [0.25, 0.3) is 0 Å². The highest BCUT2D eigenvalue weighted by molar-refractivity contribution is 5.73. The zero-order chi connectivity index (χ0) is 17.3. The lowest BCUT2D eigenvalue weighted by atomic mass is 9.86. The molecule has 0 aliphatic carbocycles. The van der Waals surface area contributed by atoms with Crippen LogP contribution in [0.3, 0.4) is 0 Å². The van der Waals surface area contributed by atoms with Crippen molar-refractivity contribution in [2.45, 2.75) is 39.7 Å². The Labute approximate surface area is 144 Å². The van der Waals surface area contributed by atoms with Crippen molar-refractivity contribution < 1.29 is 4.74 Å². The average Bonchev–Trinajstić information content (AvgIpc) is 2.60. The molecular weight excluding hydrogens is 296 g/mol. The average molecular weight is 322 g/mol. The molecule has 0 bridgehead atoms. The second-order valence-electron chi connectivity index (χ2n) is 6.46. The van der Waals surface area contributed by atoms with Gasteiger partial charge in [0.25, 0.3) is 0 Å². The van der Waals surface area contributed by atoms with Crippen LogP contribution in [0.15, 0.2) is 53.9 Å². The number of fused-ring (bicyclic) bond motifs is 1. The highest BCUT2D eigenvalue weighted by Crippen LogP contribution is 2.45. The molecule has 1 aliphatic heterocycles. The highest BCUT2D eigenvalue weighted by atomic mass is 16.5. The molecule has 0 aromatic heterocycles. The SMILES string of the molecule is CCc1cc(N)c2c(c1)N(Cc1ccccc1)C(OC)=C(C)C2C. The summed E-state index contributed by atoms with van der Waals surface area (Å²) in [6.45, 7) is 7.27. The van der Waals surface area contributed by atoms with Crippen LogP contribution in [0, 0.1) is 0 Å². The molecule has 2 aromatic carbocycles. The molecule has 126 valence electrons. The predicted octanol–water partition coefficient (Wildman–Crippen LogP) is 4.83. The third kappa shape index (κ3) is 2.75. The van der Waals surface area contributed by atoms with E-state index in [1.807, 2.05) is 6.07 Å². The molecule has 1 unspecified atom stereocenters. The monoisotopic (exact) mass is 322 g/mol. The molecule has 0 spiro atoms.